The van der Waals surface area contributed by atoms with E-state index in [0.29, 0.717) is 65.3 Å². The molecule has 8 aromatic rings. The molecule has 0 radical (unpaired) electrons. The lowest BCUT2D eigenvalue weighted by Crippen LogP contribution is -2.44. The SMILES string of the molecule is CP(C)(=O)c1ccccc1/C=N/N=c1\c2cccnc2c(O)c2n1CCN(Cc1ccc(F)cc1)C2=O.CP(C)(=O)c1ccccc1CN/N=c1\c2cccnc2c(O)c2n1CCN(Cc1ccc(F)cc1)C2=O. The van der Waals surface area contributed by atoms with E-state index in [2.05, 4.69) is 30.7 Å². The van der Waals surface area contributed by atoms with Gasteiger partial charge in [0.15, 0.2) is 33.9 Å². The summed E-state index contributed by atoms with van der Waals surface area (Å²) in [7, 11) is -5.01. The van der Waals surface area contributed by atoms with Crippen LogP contribution in [0, 0.1) is 11.6 Å². The fraction of sp³-hybridized carbons (Fsp3) is 0.204. The molecule has 2 aliphatic heterocycles. The molecule has 2 amide bonds. The summed E-state index contributed by atoms with van der Waals surface area (Å²) in [6.07, 6.45) is 4.63. The number of nitrogens with one attached hydrogen (secondary N) is 1. The van der Waals surface area contributed by atoms with Gasteiger partial charge in [0.05, 0.1) is 12.8 Å². The van der Waals surface area contributed by atoms with E-state index in [9.17, 15) is 37.7 Å². The average molecular weight is 1040 g/mol. The van der Waals surface area contributed by atoms with E-state index in [1.165, 1.54) is 30.5 Å². The second-order valence-corrected chi connectivity index (χ2v) is 24.9. The minimum atomic E-state index is -2.53. The monoisotopic (exact) mass is 1040 g/mol. The molecule has 0 bridgehead atoms. The number of aromatic hydroxyl groups is 2. The maximum atomic E-state index is 13.5. The molecule has 0 fully saturated rings. The van der Waals surface area contributed by atoms with Crippen molar-refractivity contribution in [1.29, 1.82) is 0 Å². The molecule has 16 nitrogen and oxygen atoms in total. The Balaban J connectivity index is 0.000000182. The van der Waals surface area contributed by atoms with Crippen LogP contribution in [0.15, 0.2) is 149 Å². The van der Waals surface area contributed by atoms with Gasteiger partial charge in [-0.05, 0) is 91.9 Å². The van der Waals surface area contributed by atoms with Gasteiger partial charge in [-0.2, -0.15) is 10.2 Å². The van der Waals surface area contributed by atoms with Gasteiger partial charge < -0.3 is 43.7 Å². The van der Waals surface area contributed by atoms with Gasteiger partial charge in [-0.1, -0.05) is 72.8 Å². The first-order chi connectivity index (χ1) is 35.5. The molecule has 20 heteroatoms. The maximum absolute atomic E-state index is 13.5. The fourth-order valence-electron chi connectivity index (χ4n) is 9.11. The quantitative estimate of drug-likeness (QED) is 0.0686. The number of rotatable bonds is 11. The van der Waals surface area contributed by atoms with Crippen LogP contribution in [0.1, 0.15) is 43.2 Å². The molecule has 0 saturated heterocycles. The zero-order chi connectivity index (χ0) is 52.3. The van der Waals surface area contributed by atoms with Gasteiger partial charge in [-0.25, -0.2) is 8.78 Å². The first-order valence-corrected chi connectivity index (χ1v) is 28.8. The van der Waals surface area contributed by atoms with Crippen molar-refractivity contribution in [1.82, 2.24) is 34.3 Å². The van der Waals surface area contributed by atoms with Gasteiger partial charge in [-0.3, -0.25) is 19.6 Å². The normalized spacial score (nSPS) is 14.4. The molecule has 0 aliphatic carbocycles. The number of hydrogen-bond donors (Lipinski definition) is 3. The summed E-state index contributed by atoms with van der Waals surface area (Å²) in [5.41, 5.74) is 7.76. The summed E-state index contributed by atoms with van der Waals surface area (Å²) in [6, 6.07) is 33.8. The Morgan fingerprint density at radius 2 is 1.08 bits per heavy atom. The van der Waals surface area contributed by atoms with Crippen LogP contribution < -0.4 is 27.0 Å². The number of aromatic nitrogens is 4. The maximum Gasteiger partial charge on any atom is 0.274 e. The number of fused-ring (bicyclic) bond motifs is 4. The van der Waals surface area contributed by atoms with Gasteiger partial charge >= 0.3 is 0 Å². The zero-order valence-electron chi connectivity index (χ0n) is 40.9. The molecule has 0 spiro atoms. The van der Waals surface area contributed by atoms with Crippen molar-refractivity contribution < 1.29 is 37.7 Å². The van der Waals surface area contributed by atoms with E-state index >= 15 is 0 Å². The van der Waals surface area contributed by atoms with E-state index in [4.69, 9.17) is 0 Å². The lowest BCUT2D eigenvalue weighted by Gasteiger charge is -2.31. The smallest absolute Gasteiger partial charge is 0.274 e. The minimum Gasteiger partial charge on any atom is -0.504 e. The summed E-state index contributed by atoms with van der Waals surface area (Å²) in [6.45, 7) is 9.28. The molecule has 2 aliphatic rings. The number of carbonyl (C=O) groups is 2. The Morgan fingerprint density at radius 3 is 1.61 bits per heavy atom. The van der Waals surface area contributed by atoms with Crippen LogP contribution in [0.2, 0.25) is 0 Å². The fourth-order valence-corrected chi connectivity index (χ4v) is 11.6. The molecule has 0 unspecified atom stereocenters. The van der Waals surface area contributed by atoms with Crippen LogP contribution in [0.4, 0.5) is 8.78 Å². The van der Waals surface area contributed by atoms with Crippen molar-refractivity contribution in [2.75, 3.05) is 39.7 Å². The van der Waals surface area contributed by atoms with E-state index < -0.39 is 14.3 Å². The number of nitrogens with zero attached hydrogens (tertiary/aromatic N) is 9. The third-order valence-electron chi connectivity index (χ3n) is 12.7. The number of carbonyl (C=O) groups excluding carboxylic acids is 2. The van der Waals surface area contributed by atoms with Crippen molar-refractivity contribution in [3.05, 3.63) is 190 Å². The highest BCUT2D eigenvalue weighted by Crippen LogP contribution is 2.37. The van der Waals surface area contributed by atoms with E-state index in [1.807, 2.05) is 48.5 Å². The molecule has 74 heavy (non-hydrogen) atoms. The van der Waals surface area contributed by atoms with E-state index in [1.54, 1.807) is 107 Å². The first kappa shape index (κ1) is 50.9. The summed E-state index contributed by atoms with van der Waals surface area (Å²) in [5.74, 6) is -1.86. The predicted octanol–water partition coefficient (Wildman–Crippen LogP) is 7.11. The van der Waals surface area contributed by atoms with Crippen LogP contribution in [0.5, 0.6) is 11.5 Å². The predicted molar refractivity (Wildman–Crippen MR) is 282 cm³/mol. The van der Waals surface area contributed by atoms with Crippen LogP contribution in [-0.2, 0) is 41.9 Å². The molecule has 4 aromatic carbocycles. The Morgan fingerprint density at radius 1 is 0.608 bits per heavy atom. The number of benzene rings is 4. The van der Waals surface area contributed by atoms with Crippen molar-refractivity contribution in [3.8, 4) is 11.5 Å². The van der Waals surface area contributed by atoms with Crippen molar-refractivity contribution in [2.45, 2.75) is 32.7 Å². The average Bonchev–Trinajstić information content (AvgIpc) is 3.39. The molecule has 4 aromatic heterocycles. The number of amides is 2. The second kappa shape index (κ2) is 21.2. The summed E-state index contributed by atoms with van der Waals surface area (Å²) in [4.78, 5) is 38.8. The minimum absolute atomic E-state index is 0.0699. The van der Waals surface area contributed by atoms with Gasteiger partial charge in [0, 0.05) is 78.6 Å². The molecular weight excluding hydrogens is 985 g/mol. The highest BCUT2D eigenvalue weighted by molar-refractivity contribution is 7.70. The van der Waals surface area contributed by atoms with Crippen LogP contribution in [-0.4, -0.2) is 96.9 Å². The topological polar surface area (TPSA) is 200 Å². The Bertz CT molecular complexity index is 3760. The van der Waals surface area contributed by atoms with Crippen molar-refractivity contribution in [2.24, 2.45) is 15.3 Å². The van der Waals surface area contributed by atoms with Gasteiger partial charge in [0.25, 0.3) is 11.8 Å². The second-order valence-electron chi connectivity index (χ2n) is 18.5. The zero-order valence-corrected chi connectivity index (χ0v) is 42.7. The van der Waals surface area contributed by atoms with E-state index in [0.717, 1.165) is 22.0 Å². The highest BCUT2D eigenvalue weighted by Gasteiger charge is 2.32. The summed E-state index contributed by atoms with van der Waals surface area (Å²) < 4.78 is 55.4. The van der Waals surface area contributed by atoms with Gasteiger partial charge in [0.2, 0.25) is 0 Å². The van der Waals surface area contributed by atoms with Gasteiger partial charge in [0.1, 0.15) is 37.0 Å². The molecule has 3 N–H and O–H groups in total. The molecular formula is C54H52F2N10O6P2. The van der Waals surface area contributed by atoms with Crippen LogP contribution >= 0.6 is 14.3 Å². The lowest BCUT2D eigenvalue weighted by molar-refractivity contribution is 0.0674. The molecule has 378 valence electrons. The third kappa shape index (κ3) is 10.7. The number of halogens is 2. The third-order valence-corrected chi connectivity index (χ3v) is 15.8. The van der Waals surface area contributed by atoms with E-state index in [-0.39, 0.29) is 70.5 Å². The van der Waals surface area contributed by atoms with Crippen molar-refractivity contribution in [3.63, 3.8) is 0 Å². The Labute approximate surface area is 424 Å². The highest BCUT2D eigenvalue weighted by atomic mass is 31.2. The van der Waals surface area contributed by atoms with Crippen LogP contribution in [0.25, 0.3) is 21.8 Å². The molecule has 10 rings (SSSR count). The number of hydrogen-bond acceptors (Lipinski definition) is 12. The molecule has 0 atom stereocenters. The van der Waals surface area contributed by atoms with Gasteiger partial charge in [-0.15, -0.1) is 5.10 Å². The standard InChI is InChI=1S/C27H27FN5O3P.C27H25FN5O3P/c2*1-37(2,36)22-8-4-3-6-19(22)16-30-31-26-21-7-5-13-29-23(21)25(34)24-27(35)32(14-15-33(24)26)17-18-9-11-20(28)12-10-18/h3-13,30,34H,14-17H2,1-2H3;3-13,16,34H,14-15,17H2,1-2H3/b31-26+;30-16+,31-26+. The lowest BCUT2D eigenvalue weighted by atomic mass is 10.1. The summed E-state index contributed by atoms with van der Waals surface area (Å²) >= 11 is 0. The Hall–Kier alpha value is -8.07. The number of pyridine rings is 4. The molecule has 0 saturated carbocycles. The summed E-state index contributed by atoms with van der Waals surface area (Å²) in [5, 5.41) is 38.1. The van der Waals surface area contributed by atoms with Crippen LogP contribution in [0.3, 0.4) is 0 Å². The molecule has 6 heterocycles. The Kier molecular flexibility index (Phi) is 14.6. The largest absolute Gasteiger partial charge is 0.504 e. The van der Waals surface area contributed by atoms with Crippen molar-refractivity contribution >= 4 is 64.7 Å². The first-order valence-electron chi connectivity index (χ1n) is 23.6.